The first-order chi connectivity index (χ1) is 17.7. The number of benzene rings is 2. The molecule has 0 amide bonds. The van der Waals surface area contributed by atoms with Crippen LogP contribution in [0.3, 0.4) is 0 Å². The maximum atomic E-state index is 13.7. The second-order valence-corrected chi connectivity index (χ2v) is 16.3. The minimum absolute atomic E-state index is 0.00831. The van der Waals surface area contributed by atoms with Crippen molar-refractivity contribution in [1.82, 2.24) is 0 Å². The van der Waals surface area contributed by atoms with E-state index < -0.39 is 15.9 Å². The van der Waals surface area contributed by atoms with Gasteiger partial charge in [-0.3, -0.25) is 4.79 Å². The van der Waals surface area contributed by atoms with Crippen LogP contribution in [-0.2, 0) is 16.0 Å². The number of carbonyl (C=O) groups excluding carboxylic acids is 1. The minimum atomic E-state index is -0.838. The molecule has 3 rings (SSSR count). The molecule has 0 aliphatic heterocycles. The Morgan fingerprint density at radius 1 is 0.846 bits per heavy atom. The van der Waals surface area contributed by atoms with Gasteiger partial charge in [-0.25, -0.2) is 0 Å². The Morgan fingerprint density at radius 2 is 1.46 bits per heavy atom. The van der Waals surface area contributed by atoms with E-state index in [4.69, 9.17) is 22.1 Å². The van der Waals surface area contributed by atoms with Crippen LogP contribution in [0.2, 0.25) is 0 Å². The third-order valence-corrected chi connectivity index (χ3v) is 8.98. The number of ether oxygens (including phenoxy) is 2. The van der Waals surface area contributed by atoms with Crippen LogP contribution in [0, 0.1) is 16.2 Å². The van der Waals surface area contributed by atoms with Crippen LogP contribution in [0.25, 0.3) is 20.5 Å². The Balaban J connectivity index is 1.75. The van der Waals surface area contributed by atoms with Crippen molar-refractivity contribution >= 4 is 40.0 Å². The van der Waals surface area contributed by atoms with Crippen molar-refractivity contribution < 1.29 is 14.3 Å². The van der Waals surface area contributed by atoms with Crippen molar-refractivity contribution in [1.29, 1.82) is 0 Å². The summed E-state index contributed by atoms with van der Waals surface area (Å²) in [6, 6.07) is 17.2. The highest BCUT2D eigenvalue weighted by Crippen LogP contribution is 2.48. The number of rotatable bonds is 9. The second kappa shape index (κ2) is 11.1. The van der Waals surface area contributed by atoms with Gasteiger partial charge < -0.3 is 9.47 Å². The van der Waals surface area contributed by atoms with E-state index in [9.17, 15) is 4.79 Å². The van der Waals surface area contributed by atoms with Crippen LogP contribution in [0.4, 0.5) is 0 Å². The topological polar surface area (TPSA) is 35.5 Å². The third-order valence-electron chi connectivity index (χ3n) is 7.59. The average molecular weight is 569 g/mol. The number of hydrogen-bond donors (Lipinski definition) is 1. The molecule has 0 spiro atoms. The lowest BCUT2D eigenvalue weighted by molar-refractivity contribution is -0.180. The predicted molar refractivity (Wildman–Crippen MR) is 171 cm³/mol. The molecule has 0 saturated carbocycles. The lowest BCUT2D eigenvalue weighted by Crippen LogP contribution is -2.48. The van der Waals surface area contributed by atoms with Crippen LogP contribution in [-0.4, -0.2) is 16.5 Å². The third kappa shape index (κ3) is 8.04. The van der Waals surface area contributed by atoms with E-state index >= 15 is 0 Å². The fourth-order valence-electron chi connectivity index (χ4n) is 5.31. The Bertz CT molecular complexity index is 1290. The molecule has 3 nitrogen and oxygen atoms in total. The van der Waals surface area contributed by atoms with Gasteiger partial charge in [0.2, 0.25) is 0 Å². The van der Waals surface area contributed by atoms with Gasteiger partial charge in [0.15, 0.2) is 4.93 Å². The molecule has 214 valence electrons. The highest BCUT2D eigenvalue weighted by molar-refractivity contribution is 7.81. The van der Waals surface area contributed by atoms with E-state index in [-0.39, 0.29) is 16.8 Å². The number of aryl methyl sites for hydroxylation is 1. The molecule has 3 aromatic rings. The summed E-state index contributed by atoms with van der Waals surface area (Å²) in [7, 11) is 0. The van der Waals surface area contributed by atoms with Crippen LogP contribution < -0.4 is 4.74 Å². The Morgan fingerprint density at radius 3 is 2.00 bits per heavy atom. The molecule has 1 aromatic heterocycles. The first-order valence-electron chi connectivity index (χ1n) is 14.0. The van der Waals surface area contributed by atoms with Gasteiger partial charge in [-0.2, -0.15) is 0 Å². The first kappa shape index (κ1) is 31.5. The zero-order chi connectivity index (χ0) is 29.4. The molecule has 2 atom stereocenters. The maximum Gasteiger partial charge on any atom is 0.312 e. The van der Waals surface area contributed by atoms with Crippen LogP contribution >= 0.6 is 24.0 Å². The van der Waals surface area contributed by atoms with E-state index in [1.165, 1.54) is 26.1 Å². The predicted octanol–water partition coefficient (Wildman–Crippen LogP) is 10.4. The van der Waals surface area contributed by atoms with Crippen molar-refractivity contribution in [2.75, 3.05) is 0 Å². The van der Waals surface area contributed by atoms with Crippen molar-refractivity contribution in [2.24, 2.45) is 16.2 Å². The molecular weight excluding hydrogens is 521 g/mol. The summed E-state index contributed by atoms with van der Waals surface area (Å²) < 4.78 is 13.8. The van der Waals surface area contributed by atoms with Gasteiger partial charge in [-0.1, -0.05) is 72.7 Å². The standard InChI is InChI=1S/C34H48O3S2/c1-12-23-13-15-24(16-14-23)27-19-25-17-18-26(20-28(25)39-27)36-34(11,38)22-32(8,9)37-29(35)33(10,31(5,6)7)21-30(2,3)4/h13-20,38H,12,21-22H2,1-11H3. The number of esters is 1. The van der Waals surface area contributed by atoms with Crippen LogP contribution in [0.1, 0.15) is 94.6 Å². The first-order valence-corrected chi connectivity index (χ1v) is 15.3. The number of carbonyl (C=O) groups is 1. The van der Waals surface area contributed by atoms with E-state index in [1.54, 1.807) is 11.3 Å². The summed E-state index contributed by atoms with van der Waals surface area (Å²) in [5, 5.41) is 1.19. The lowest BCUT2D eigenvalue weighted by Gasteiger charge is -2.45. The van der Waals surface area contributed by atoms with E-state index in [0.717, 1.165) is 18.6 Å². The minimum Gasteiger partial charge on any atom is -0.477 e. The summed E-state index contributed by atoms with van der Waals surface area (Å²) in [6.45, 7) is 22.9. The number of fused-ring (bicyclic) bond motifs is 1. The normalized spacial score (nSPS) is 16.0. The van der Waals surface area contributed by atoms with Gasteiger partial charge in [-0.05, 0) is 92.1 Å². The quantitative estimate of drug-likeness (QED) is 0.158. The molecule has 0 bridgehead atoms. The van der Waals surface area contributed by atoms with Crippen molar-refractivity contribution in [2.45, 2.75) is 106 Å². The molecule has 2 aromatic carbocycles. The van der Waals surface area contributed by atoms with E-state index in [2.05, 4.69) is 90.9 Å². The Hall–Kier alpha value is -1.98. The van der Waals surface area contributed by atoms with Gasteiger partial charge in [0.1, 0.15) is 11.4 Å². The number of thiophene rings is 1. The monoisotopic (exact) mass is 568 g/mol. The Labute approximate surface area is 246 Å². The van der Waals surface area contributed by atoms with Gasteiger partial charge in [0, 0.05) is 16.0 Å². The second-order valence-electron chi connectivity index (χ2n) is 14.3. The zero-order valence-electron chi connectivity index (χ0n) is 25.8. The summed E-state index contributed by atoms with van der Waals surface area (Å²) in [5.41, 5.74) is 0.923. The smallest absolute Gasteiger partial charge is 0.312 e. The Kier molecular flexibility index (Phi) is 9.00. The molecule has 0 saturated heterocycles. The summed E-state index contributed by atoms with van der Waals surface area (Å²) in [5.74, 6) is 0.586. The SMILES string of the molecule is CCc1ccc(-c2cc3ccc(OC(C)(S)CC(C)(C)OC(=O)C(C)(CC(C)(C)C)C(C)(C)C)cc3s2)cc1. The van der Waals surface area contributed by atoms with Gasteiger partial charge in [0.05, 0.1) is 5.41 Å². The van der Waals surface area contributed by atoms with Crippen LogP contribution in [0.15, 0.2) is 48.5 Å². The molecule has 39 heavy (non-hydrogen) atoms. The average Bonchev–Trinajstić information content (AvgIpc) is 3.19. The van der Waals surface area contributed by atoms with Gasteiger partial charge >= 0.3 is 5.97 Å². The number of thiol groups is 1. The van der Waals surface area contributed by atoms with Crippen molar-refractivity contribution in [3.05, 3.63) is 54.1 Å². The molecule has 2 unspecified atom stereocenters. The van der Waals surface area contributed by atoms with Gasteiger partial charge in [-0.15, -0.1) is 24.0 Å². The zero-order valence-corrected chi connectivity index (χ0v) is 27.5. The van der Waals surface area contributed by atoms with Crippen molar-refractivity contribution in [3.8, 4) is 16.2 Å². The fraction of sp³-hybridized carbons (Fsp3) is 0.559. The molecule has 0 aliphatic carbocycles. The molecule has 5 heteroatoms. The molecule has 0 fully saturated rings. The maximum absolute atomic E-state index is 13.7. The summed E-state index contributed by atoms with van der Waals surface area (Å²) in [4.78, 5) is 14.1. The van der Waals surface area contributed by atoms with Gasteiger partial charge in [0.25, 0.3) is 0 Å². The molecule has 0 aliphatic rings. The molecule has 1 heterocycles. The largest absolute Gasteiger partial charge is 0.477 e. The highest BCUT2D eigenvalue weighted by Gasteiger charge is 2.49. The number of hydrogen-bond acceptors (Lipinski definition) is 5. The van der Waals surface area contributed by atoms with E-state index in [1.807, 2.05) is 33.8 Å². The van der Waals surface area contributed by atoms with E-state index in [0.29, 0.717) is 6.42 Å². The highest BCUT2D eigenvalue weighted by atomic mass is 32.1. The van der Waals surface area contributed by atoms with Crippen LogP contribution in [0.5, 0.6) is 5.75 Å². The summed E-state index contributed by atoms with van der Waals surface area (Å²) >= 11 is 6.64. The fourth-order valence-corrected chi connectivity index (χ4v) is 6.89. The molecule has 0 N–H and O–H groups in total. The lowest BCUT2D eigenvalue weighted by atomic mass is 9.61. The molecular formula is C34H48O3S2. The molecule has 0 radical (unpaired) electrons. The summed E-state index contributed by atoms with van der Waals surface area (Å²) in [6.07, 6.45) is 2.21. The van der Waals surface area contributed by atoms with Crippen molar-refractivity contribution in [3.63, 3.8) is 0 Å².